The number of anilines is 1. The average molecular weight is 736 g/mol. The van der Waals surface area contributed by atoms with Gasteiger partial charge in [0.2, 0.25) is 0 Å². The first-order chi connectivity index (χ1) is 23.6. The van der Waals surface area contributed by atoms with Gasteiger partial charge in [-0.1, -0.05) is 44.7 Å². The van der Waals surface area contributed by atoms with E-state index in [1.807, 2.05) is 0 Å². The summed E-state index contributed by atoms with van der Waals surface area (Å²) in [4.78, 5) is 45.0. The highest BCUT2D eigenvalue weighted by Crippen LogP contribution is 2.37. The molecule has 17 heteroatoms. The molecule has 2 unspecified atom stereocenters. The van der Waals surface area contributed by atoms with Crippen LogP contribution in [0.25, 0.3) is 0 Å². The fourth-order valence-electron chi connectivity index (χ4n) is 6.27. The summed E-state index contributed by atoms with van der Waals surface area (Å²) < 4.78 is 66.8. The Morgan fingerprint density at radius 2 is 1.80 bits per heavy atom. The summed E-state index contributed by atoms with van der Waals surface area (Å²) in [6.45, 7) is 3.85. The third-order valence-electron chi connectivity index (χ3n) is 9.12. The third-order valence-corrected chi connectivity index (χ3v) is 11.0. The number of likely N-dealkylation sites (tertiary alicyclic amines) is 1. The van der Waals surface area contributed by atoms with Crippen molar-refractivity contribution in [3.05, 3.63) is 66.6 Å². The van der Waals surface area contributed by atoms with Gasteiger partial charge in [-0.05, 0) is 37.6 Å². The number of quaternary nitrogens is 2. The maximum atomic E-state index is 14.7. The Morgan fingerprint density at radius 3 is 2.42 bits per heavy atom. The molecule has 0 radical (unpaired) electrons. The van der Waals surface area contributed by atoms with E-state index in [1.54, 1.807) is 45.3 Å². The van der Waals surface area contributed by atoms with Crippen LogP contribution >= 0.6 is 0 Å². The molecule has 2 aromatic carbocycles. The topological polar surface area (TPSA) is 191 Å². The van der Waals surface area contributed by atoms with E-state index in [-0.39, 0.29) is 21.8 Å². The van der Waals surface area contributed by atoms with Crippen molar-refractivity contribution in [1.82, 2.24) is 13.4 Å². The van der Waals surface area contributed by atoms with Crippen LogP contribution in [-0.4, -0.2) is 93.6 Å². The molecule has 3 amide bonds. The smallest absolute Gasteiger partial charge is 0.484 e. The molecule has 3 aromatic rings. The quantitative estimate of drug-likeness (QED) is 0.0879. The second kappa shape index (κ2) is 15.9. The number of unbranched alkanes of at least 4 members (excludes halogenated alkanes) is 3. The number of hydrogen-bond donors (Lipinski definition) is 3. The molecular formula is C33H45N5O10S2+2. The molecule has 15 nitrogen and oxygen atoms in total. The summed E-state index contributed by atoms with van der Waals surface area (Å²) in [5, 5.41) is 2.53. The highest BCUT2D eigenvalue weighted by atomic mass is 32.2. The highest BCUT2D eigenvalue weighted by Gasteiger charge is 2.60. The second-order valence-corrected chi connectivity index (χ2v) is 15.5. The van der Waals surface area contributed by atoms with Crippen molar-refractivity contribution in [2.45, 2.75) is 75.5 Å². The molecule has 1 saturated heterocycles. The first kappa shape index (κ1) is 38.8. The van der Waals surface area contributed by atoms with Crippen LogP contribution in [0.3, 0.4) is 0 Å². The molecule has 2 heterocycles. The van der Waals surface area contributed by atoms with E-state index in [2.05, 4.69) is 17.2 Å². The van der Waals surface area contributed by atoms with E-state index in [4.69, 9.17) is 9.47 Å². The summed E-state index contributed by atoms with van der Waals surface area (Å²) in [5.74, 6) is -0.768. The van der Waals surface area contributed by atoms with Crippen LogP contribution in [0.5, 0.6) is 5.75 Å². The van der Waals surface area contributed by atoms with Crippen LogP contribution < -0.4 is 13.9 Å². The lowest BCUT2D eigenvalue weighted by Crippen LogP contribution is -2.61. The zero-order chi connectivity index (χ0) is 36.9. The molecule has 3 N–H and O–H groups in total. The van der Waals surface area contributed by atoms with Crippen LogP contribution in [-0.2, 0) is 30.9 Å². The first-order valence-corrected chi connectivity index (χ1v) is 18.7. The second-order valence-electron chi connectivity index (χ2n) is 12.8. The standard InChI is InChI=1S/C33H43N5O10S2/c1-6-7-8-9-13-28(36-20-30(34-22-36)35-31(39)27-12-10-11-14-29(27)50(44,45)46)32(40)38(33(41)47-5)21-26(19-23(38)2)48-25-17-15-24(16-18-25)37(3,4)49(42)43/h10-12,14-18,20,22-23,26,28H,6-9,13,19,21H2,1-5H3,(H-2,35,39,42,43,44,45,46)/p+2/t23-,26+,28?,38-/m1/s1. The molecule has 0 bridgehead atoms. The van der Waals surface area contributed by atoms with E-state index in [0.29, 0.717) is 30.7 Å². The van der Waals surface area contributed by atoms with Gasteiger partial charge in [-0.25, -0.2) is 9.78 Å². The van der Waals surface area contributed by atoms with E-state index >= 15 is 0 Å². The van der Waals surface area contributed by atoms with E-state index in [9.17, 15) is 36.1 Å². The SMILES string of the molecule is CCCCCCC(C(=O)[N@@+]1(C(=O)OC)C[C@@H](Oc2ccc([N+](C)(C)S(=O)O)cc2)C[C@H]1C)n1cnc(NC(=O)c2ccccc2S(=O)(=O)O)c1. The molecule has 5 atom stereocenters. The number of aromatic nitrogens is 2. The number of amides is 3. The van der Waals surface area contributed by atoms with Crippen LogP contribution in [0.1, 0.15) is 68.8 Å². The third kappa shape index (κ3) is 8.30. The molecule has 0 spiro atoms. The fraction of sp³-hybridized carbons (Fsp3) is 0.455. The molecule has 1 aliphatic heterocycles. The number of imide groups is 1. The molecule has 1 aliphatic rings. The Bertz CT molecular complexity index is 1830. The maximum Gasteiger partial charge on any atom is 0.523 e. The van der Waals surface area contributed by atoms with Crippen molar-refractivity contribution >= 4 is 50.8 Å². The van der Waals surface area contributed by atoms with Crippen molar-refractivity contribution in [3.63, 3.8) is 0 Å². The Morgan fingerprint density at radius 1 is 1.12 bits per heavy atom. The monoisotopic (exact) mass is 735 g/mol. The van der Waals surface area contributed by atoms with E-state index in [0.717, 1.165) is 25.3 Å². The summed E-state index contributed by atoms with van der Waals surface area (Å²) in [6, 6.07) is 10.5. The van der Waals surface area contributed by atoms with Crippen molar-refractivity contribution < 1.29 is 50.1 Å². The number of methoxy groups -OCH3 is 1. The number of nitrogens with one attached hydrogen (secondary N) is 1. The number of ether oxygens (including phenoxy) is 2. The lowest BCUT2D eigenvalue weighted by Gasteiger charge is -2.34. The normalized spacial score (nSPS) is 20.5. The van der Waals surface area contributed by atoms with Crippen molar-refractivity contribution in [1.29, 1.82) is 0 Å². The van der Waals surface area contributed by atoms with Crippen molar-refractivity contribution in [3.8, 4) is 5.75 Å². The van der Waals surface area contributed by atoms with Gasteiger partial charge in [-0.15, -0.1) is 0 Å². The van der Waals surface area contributed by atoms with Gasteiger partial charge in [-0.3, -0.25) is 13.9 Å². The zero-order valence-corrected chi connectivity index (χ0v) is 30.4. The van der Waals surface area contributed by atoms with Crippen LogP contribution in [0.4, 0.5) is 16.3 Å². The van der Waals surface area contributed by atoms with Crippen molar-refractivity contribution in [2.75, 3.05) is 33.1 Å². The van der Waals surface area contributed by atoms with Gasteiger partial charge in [0.05, 0.1) is 33.1 Å². The molecule has 272 valence electrons. The Balaban J connectivity index is 1.61. The number of hydrogen-bond acceptors (Lipinski definition) is 9. The minimum atomic E-state index is -4.68. The number of carbonyl (C=O) groups excluding carboxylic acids is 3. The van der Waals surface area contributed by atoms with Crippen LogP contribution in [0.2, 0.25) is 0 Å². The van der Waals surface area contributed by atoms with Gasteiger partial charge in [-0.2, -0.15) is 25.8 Å². The zero-order valence-electron chi connectivity index (χ0n) is 28.7. The number of imidazole rings is 1. The van der Waals surface area contributed by atoms with Gasteiger partial charge in [0, 0.05) is 24.8 Å². The number of carbonyl (C=O) groups is 3. The highest BCUT2D eigenvalue weighted by molar-refractivity contribution is 7.86. The lowest BCUT2D eigenvalue weighted by molar-refractivity contribution is -0.795. The van der Waals surface area contributed by atoms with Crippen LogP contribution in [0, 0.1) is 0 Å². The van der Waals surface area contributed by atoms with Gasteiger partial charge in [0.15, 0.2) is 11.9 Å². The molecule has 50 heavy (non-hydrogen) atoms. The number of benzene rings is 2. The summed E-state index contributed by atoms with van der Waals surface area (Å²) in [6.07, 6.45) is 5.69. The minimum Gasteiger partial charge on any atom is -0.484 e. The number of nitrogens with zero attached hydrogens (tertiary/aromatic N) is 4. The fourth-order valence-corrected chi connectivity index (χ4v) is 7.26. The molecular weight excluding hydrogens is 691 g/mol. The minimum absolute atomic E-state index is 0.00714. The van der Waals surface area contributed by atoms with Gasteiger partial charge in [0.25, 0.3) is 16.0 Å². The summed E-state index contributed by atoms with van der Waals surface area (Å²) >= 11 is -2.16. The Hall–Kier alpha value is -4.00. The summed E-state index contributed by atoms with van der Waals surface area (Å²) in [7, 11) is -0.265. The largest absolute Gasteiger partial charge is 0.523 e. The predicted molar refractivity (Wildman–Crippen MR) is 186 cm³/mol. The van der Waals surface area contributed by atoms with Crippen LogP contribution in [0.15, 0.2) is 66.0 Å². The summed E-state index contributed by atoms with van der Waals surface area (Å²) in [5.41, 5.74) is 0.293. The average Bonchev–Trinajstić information content (AvgIpc) is 3.67. The molecule has 4 rings (SSSR count). The maximum absolute atomic E-state index is 14.7. The van der Waals surface area contributed by atoms with Gasteiger partial charge >= 0.3 is 23.3 Å². The van der Waals surface area contributed by atoms with Gasteiger partial charge in [0.1, 0.15) is 35.0 Å². The van der Waals surface area contributed by atoms with E-state index < -0.39 is 66.9 Å². The van der Waals surface area contributed by atoms with Gasteiger partial charge < -0.3 is 19.4 Å². The number of rotatable bonds is 14. The molecule has 0 aliphatic carbocycles. The lowest BCUT2D eigenvalue weighted by atomic mass is 10.0. The molecule has 0 saturated carbocycles. The Labute approximate surface area is 294 Å². The van der Waals surface area contributed by atoms with E-state index in [1.165, 1.54) is 42.4 Å². The Kier molecular flexibility index (Phi) is 12.3. The molecule has 1 fully saturated rings. The van der Waals surface area contributed by atoms with Crippen molar-refractivity contribution in [2.24, 2.45) is 0 Å². The predicted octanol–water partition coefficient (Wildman–Crippen LogP) is 4.95. The molecule has 1 aromatic heterocycles. The first-order valence-electron chi connectivity index (χ1n) is 16.2.